The standard InChI is InChI=1S/C30H33NO5/c1-4-35-25-13-10-21(11-14-25)16-17-30(34,20-29(2,3)23-8-6-5-7-9-23)28(33)31-24-12-15-26-22(18-24)19-36-27(26)32/h5-15,18,34H,4,16-17,19-20H2,1-3H3,(H,31,33). The molecular weight excluding hydrogens is 454 g/mol. The van der Waals surface area contributed by atoms with Crippen LogP contribution in [-0.2, 0) is 28.0 Å². The molecule has 0 saturated heterocycles. The zero-order valence-electron chi connectivity index (χ0n) is 21.0. The quantitative estimate of drug-likeness (QED) is 0.373. The summed E-state index contributed by atoms with van der Waals surface area (Å²) in [4.78, 5) is 25.4. The molecule has 0 saturated carbocycles. The predicted molar refractivity (Wildman–Crippen MR) is 139 cm³/mol. The highest BCUT2D eigenvalue weighted by Crippen LogP contribution is 2.36. The number of nitrogens with one attached hydrogen (secondary N) is 1. The van der Waals surface area contributed by atoms with Crippen molar-refractivity contribution in [3.8, 4) is 5.75 Å². The van der Waals surface area contributed by atoms with Crippen molar-refractivity contribution in [3.63, 3.8) is 0 Å². The molecule has 188 valence electrons. The Morgan fingerprint density at radius 2 is 1.78 bits per heavy atom. The van der Waals surface area contributed by atoms with Crippen molar-refractivity contribution in [3.05, 3.63) is 95.1 Å². The van der Waals surface area contributed by atoms with Crippen molar-refractivity contribution in [1.29, 1.82) is 0 Å². The van der Waals surface area contributed by atoms with Crippen LogP contribution in [0.4, 0.5) is 5.69 Å². The van der Waals surface area contributed by atoms with Crippen molar-refractivity contribution >= 4 is 17.6 Å². The largest absolute Gasteiger partial charge is 0.494 e. The average Bonchev–Trinajstić information content (AvgIpc) is 3.24. The number of hydrogen-bond acceptors (Lipinski definition) is 5. The Morgan fingerprint density at radius 3 is 2.47 bits per heavy atom. The minimum absolute atomic E-state index is 0.181. The number of aryl methyl sites for hydroxylation is 1. The summed E-state index contributed by atoms with van der Waals surface area (Å²) in [5, 5.41) is 14.7. The number of benzene rings is 3. The number of rotatable bonds is 10. The van der Waals surface area contributed by atoms with E-state index in [0.29, 0.717) is 24.3 Å². The fourth-order valence-electron chi connectivity index (χ4n) is 4.73. The summed E-state index contributed by atoms with van der Waals surface area (Å²) in [6.45, 7) is 6.79. The van der Waals surface area contributed by atoms with Crippen molar-refractivity contribution in [2.45, 2.75) is 57.7 Å². The Hall–Kier alpha value is -3.64. The minimum Gasteiger partial charge on any atom is -0.494 e. The predicted octanol–water partition coefficient (Wildman–Crippen LogP) is 5.43. The summed E-state index contributed by atoms with van der Waals surface area (Å²) < 4.78 is 10.6. The van der Waals surface area contributed by atoms with Crippen LogP contribution in [-0.4, -0.2) is 29.2 Å². The summed E-state index contributed by atoms with van der Waals surface area (Å²) in [5.41, 5.74) is 1.72. The molecule has 4 rings (SSSR count). The second kappa shape index (κ2) is 10.5. The van der Waals surface area contributed by atoms with Gasteiger partial charge in [0.05, 0.1) is 12.2 Å². The molecule has 1 amide bonds. The molecule has 6 heteroatoms. The lowest BCUT2D eigenvalue weighted by atomic mass is 9.73. The molecule has 36 heavy (non-hydrogen) atoms. The summed E-state index contributed by atoms with van der Waals surface area (Å²) >= 11 is 0. The number of fused-ring (bicyclic) bond motifs is 1. The van der Waals surface area contributed by atoms with E-state index >= 15 is 0 Å². The van der Waals surface area contributed by atoms with Crippen molar-refractivity contribution in [2.75, 3.05) is 11.9 Å². The van der Waals surface area contributed by atoms with Crippen LogP contribution in [0, 0.1) is 0 Å². The minimum atomic E-state index is -1.64. The SMILES string of the molecule is CCOc1ccc(CCC(O)(CC(C)(C)c2ccccc2)C(=O)Nc2ccc3c(c2)COC3=O)cc1. The number of esters is 1. The number of carbonyl (C=O) groups is 2. The van der Waals surface area contributed by atoms with Crippen LogP contribution in [0.15, 0.2) is 72.8 Å². The lowest BCUT2D eigenvalue weighted by molar-refractivity contribution is -0.137. The van der Waals surface area contributed by atoms with Crippen molar-refractivity contribution in [1.82, 2.24) is 0 Å². The van der Waals surface area contributed by atoms with Gasteiger partial charge in [0, 0.05) is 11.3 Å². The first-order valence-corrected chi connectivity index (χ1v) is 12.3. The number of ether oxygens (including phenoxy) is 2. The molecule has 0 aliphatic carbocycles. The highest BCUT2D eigenvalue weighted by atomic mass is 16.5. The Kier molecular flexibility index (Phi) is 7.45. The molecule has 1 heterocycles. The highest BCUT2D eigenvalue weighted by Gasteiger charge is 2.41. The fourth-order valence-corrected chi connectivity index (χ4v) is 4.73. The van der Waals surface area contributed by atoms with Gasteiger partial charge in [0.2, 0.25) is 0 Å². The molecule has 6 nitrogen and oxygen atoms in total. The number of anilines is 1. The van der Waals surface area contributed by atoms with Gasteiger partial charge in [0.1, 0.15) is 18.0 Å². The zero-order chi connectivity index (χ0) is 25.8. The van der Waals surface area contributed by atoms with E-state index in [1.165, 1.54) is 0 Å². The summed E-state index contributed by atoms with van der Waals surface area (Å²) in [7, 11) is 0. The van der Waals surface area contributed by atoms with E-state index in [1.54, 1.807) is 18.2 Å². The molecule has 3 aromatic rings. The molecule has 0 spiro atoms. The van der Waals surface area contributed by atoms with Gasteiger partial charge in [0.15, 0.2) is 0 Å². The van der Waals surface area contributed by atoms with Gasteiger partial charge in [-0.05, 0) is 73.1 Å². The van der Waals surface area contributed by atoms with Crippen LogP contribution in [0.25, 0.3) is 0 Å². The van der Waals surface area contributed by atoms with E-state index < -0.39 is 16.9 Å². The first-order valence-electron chi connectivity index (χ1n) is 12.3. The van der Waals surface area contributed by atoms with Crippen LogP contribution in [0.2, 0.25) is 0 Å². The van der Waals surface area contributed by atoms with Crippen molar-refractivity contribution in [2.24, 2.45) is 0 Å². The molecule has 1 atom stereocenters. The smallest absolute Gasteiger partial charge is 0.338 e. The van der Waals surface area contributed by atoms with Gasteiger partial charge in [-0.3, -0.25) is 4.79 Å². The van der Waals surface area contributed by atoms with Crippen LogP contribution in [0.5, 0.6) is 5.75 Å². The lowest BCUT2D eigenvalue weighted by Crippen LogP contribution is -2.47. The Labute approximate surface area is 212 Å². The molecule has 1 unspecified atom stereocenters. The van der Waals surface area contributed by atoms with Crippen LogP contribution >= 0.6 is 0 Å². The molecule has 1 aliphatic heterocycles. The van der Waals surface area contributed by atoms with E-state index in [9.17, 15) is 14.7 Å². The van der Waals surface area contributed by atoms with Crippen LogP contribution < -0.4 is 10.1 Å². The third-order valence-electron chi connectivity index (χ3n) is 6.72. The number of amides is 1. The lowest BCUT2D eigenvalue weighted by Gasteiger charge is -2.36. The summed E-state index contributed by atoms with van der Waals surface area (Å²) in [6, 6.07) is 22.7. The monoisotopic (exact) mass is 487 g/mol. The number of carbonyl (C=O) groups excluding carboxylic acids is 2. The normalized spacial score (nSPS) is 14.5. The van der Waals surface area contributed by atoms with Gasteiger partial charge in [-0.15, -0.1) is 0 Å². The Bertz CT molecular complexity index is 1220. The molecule has 0 radical (unpaired) electrons. The zero-order valence-corrected chi connectivity index (χ0v) is 21.0. The van der Waals surface area contributed by atoms with E-state index in [0.717, 1.165) is 22.4 Å². The molecule has 0 bridgehead atoms. The van der Waals surface area contributed by atoms with E-state index in [-0.39, 0.29) is 25.4 Å². The maximum Gasteiger partial charge on any atom is 0.338 e. The number of cyclic esters (lactones) is 1. The molecule has 3 aromatic carbocycles. The maximum absolute atomic E-state index is 13.6. The first-order chi connectivity index (χ1) is 17.2. The van der Waals surface area contributed by atoms with Crippen LogP contribution in [0.1, 0.15) is 60.7 Å². The molecule has 2 N–H and O–H groups in total. The second-order valence-electron chi connectivity index (χ2n) is 9.94. The second-order valence-corrected chi connectivity index (χ2v) is 9.94. The van der Waals surface area contributed by atoms with Gasteiger partial charge >= 0.3 is 5.97 Å². The highest BCUT2D eigenvalue weighted by molar-refractivity contribution is 5.99. The third-order valence-corrected chi connectivity index (χ3v) is 6.72. The van der Waals surface area contributed by atoms with Gasteiger partial charge in [-0.1, -0.05) is 56.3 Å². The Morgan fingerprint density at radius 1 is 1.06 bits per heavy atom. The number of hydrogen-bond donors (Lipinski definition) is 2. The molecule has 0 fully saturated rings. The van der Waals surface area contributed by atoms with Gasteiger partial charge < -0.3 is 19.9 Å². The maximum atomic E-state index is 13.6. The van der Waals surface area contributed by atoms with Crippen LogP contribution in [0.3, 0.4) is 0 Å². The Balaban J connectivity index is 1.56. The van der Waals surface area contributed by atoms with E-state index in [4.69, 9.17) is 9.47 Å². The van der Waals surface area contributed by atoms with E-state index in [1.807, 2.05) is 75.4 Å². The van der Waals surface area contributed by atoms with Gasteiger partial charge in [-0.25, -0.2) is 4.79 Å². The van der Waals surface area contributed by atoms with Gasteiger partial charge in [0.25, 0.3) is 5.91 Å². The summed E-state index contributed by atoms with van der Waals surface area (Å²) in [5.74, 6) is -0.0412. The molecule has 0 aromatic heterocycles. The van der Waals surface area contributed by atoms with Gasteiger partial charge in [-0.2, -0.15) is 0 Å². The van der Waals surface area contributed by atoms with Crippen molar-refractivity contribution < 1.29 is 24.2 Å². The molecule has 1 aliphatic rings. The summed E-state index contributed by atoms with van der Waals surface area (Å²) in [6.07, 6.45) is 1.00. The molecular formula is C30H33NO5. The average molecular weight is 488 g/mol. The first kappa shape index (κ1) is 25.5. The number of aliphatic hydroxyl groups is 1. The topological polar surface area (TPSA) is 84.9 Å². The van der Waals surface area contributed by atoms with E-state index in [2.05, 4.69) is 5.32 Å². The fraction of sp³-hybridized carbons (Fsp3) is 0.333. The third kappa shape index (κ3) is 5.77.